The van der Waals surface area contributed by atoms with Crippen molar-refractivity contribution in [2.75, 3.05) is 11.9 Å². The third kappa shape index (κ3) is 3.54. The van der Waals surface area contributed by atoms with E-state index in [9.17, 15) is 13.6 Å². The minimum atomic E-state index is -3.03. The number of aryl methyl sites for hydroxylation is 1. The molecular weight excluding hydrogens is 433 g/mol. The van der Waals surface area contributed by atoms with E-state index in [1.165, 1.54) is 17.0 Å². The lowest BCUT2D eigenvalue weighted by atomic mass is 9.81. The van der Waals surface area contributed by atoms with Crippen LogP contribution in [0.15, 0.2) is 35.4 Å². The molecule has 1 aliphatic carbocycles. The Labute approximate surface area is 188 Å². The molecule has 1 N–H and O–H groups in total. The van der Waals surface area contributed by atoms with Crippen LogP contribution in [0.25, 0.3) is 11.0 Å². The Morgan fingerprint density at radius 3 is 2.64 bits per heavy atom. The summed E-state index contributed by atoms with van der Waals surface area (Å²) in [7, 11) is 1.57. The minimum absolute atomic E-state index is 0.117. The van der Waals surface area contributed by atoms with Crippen molar-refractivity contribution in [3.05, 3.63) is 57.6 Å². The molecule has 9 heteroatoms. The molecule has 0 spiro atoms. The van der Waals surface area contributed by atoms with Crippen LogP contribution in [0.2, 0.25) is 0 Å². The zero-order chi connectivity index (χ0) is 23.4. The maximum absolute atomic E-state index is 15.8. The molecule has 0 unspecified atom stereocenters. The van der Waals surface area contributed by atoms with Gasteiger partial charge in [-0.25, -0.2) is 14.4 Å². The van der Waals surface area contributed by atoms with Gasteiger partial charge in [-0.15, -0.1) is 0 Å². The summed E-state index contributed by atoms with van der Waals surface area (Å²) >= 11 is 0. The molecule has 1 aliphatic heterocycles. The Bertz CT molecular complexity index is 1280. The van der Waals surface area contributed by atoms with E-state index in [-0.39, 0.29) is 16.9 Å². The van der Waals surface area contributed by atoms with Crippen LogP contribution in [-0.2, 0) is 18.6 Å². The van der Waals surface area contributed by atoms with Crippen molar-refractivity contribution < 1.29 is 17.9 Å². The molecule has 0 bridgehead atoms. The van der Waals surface area contributed by atoms with Crippen molar-refractivity contribution >= 4 is 16.9 Å². The molecule has 2 aromatic heterocycles. The van der Waals surface area contributed by atoms with Crippen LogP contribution in [0.4, 0.5) is 19.0 Å². The predicted octanol–water partition coefficient (Wildman–Crippen LogP) is 5.11. The van der Waals surface area contributed by atoms with Gasteiger partial charge in [-0.05, 0) is 44.7 Å². The fraction of sp³-hybridized carbons (Fsp3) is 0.458. The molecule has 1 atom stereocenters. The summed E-state index contributed by atoms with van der Waals surface area (Å²) < 4.78 is 50.7. The maximum Gasteiger partial charge on any atom is 0.310 e. The zero-order valence-corrected chi connectivity index (χ0v) is 18.5. The van der Waals surface area contributed by atoms with Gasteiger partial charge in [0.2, 0.25) is 0 Å². The normalized spacial score (nSPS) is 19.7. The van der Waals surface area contributed by atoms with Gasteiger partial charge < -0.3 is 10.1 Å². The van der Waals surface area contributed by atoms with E-state index in [1.54, 1.807) is 25.2 Å². The second kappa shape index (κ2) is 7.74. The van der Waals surface area contributed by atoms with E-state index >= 15 is 4.39 Å². The van der Waals surface area contributed by atoms with Gasteiger partial charge in [-0.3, -0.25) is 9.36 Å². The maximum atomic E-state index is 15.8. The summed E-state index contributed by atoms with van der Waals surface area (Å²) in [5, 5.41) is 3.74. The topological polar surface area (TPSA) is 69.0 Å². The van der Waals surface area contributed by atoms with Crippen molar-refractivity contribution in [2.45, 2.75) is 56.7 Å². The van der Waals surface area contributed by atoms with E-state index in [0.717, 1.165) is 19.3 Å². The minimum Gasteiger partial charge on any atom is -0.486 e. The highest BCUT2D eigenvalue weighted by atomic mass is 19.3. The van der Waals surface area contributed by atoms with Gasteiger partial charge in [0.15, 0.2) is 6.61 Å². The van der Waals surface area contributed by atoms with E-state index in [0.29, 0.717) is 35.3 Å². The number of halogens is 3. The number of rotatable bonds is 4. The van der Waals surface area contributed by atoms with Crippen LogP contribution in [0.3, 0.4) is 0 Å². The number of hydrogen-bond donors (Lipinski definition) is 1. The Kier molecular flexibility index (Phi) is 5.10. The van der Waals surface area contributed by atoms with Gasteiger partial charge in [-0.1, -0.05) is 18.6 Å². The van der Waals surface area contributed by atoms with Gasteiger partial charge in [0, 0.05) is 12.6 Å². The lowest BCUT2D eigenvalue weighted by molar-refractivity contribution is -0.0214. The summed E-state index contributed by atoms with van der Waals surface area (Å²) in [5.41, 5.74) is -1.17. The SMILES string of the molecule is C[C@@H](Nc1ncnc2c1cc(C1(F)CCCCC1)c(=O)n2C)c1cccc2c1OCC2(F)F. The molecule has 5 rings (SSSR count). The van der Waals surface area contributed by atoms with E-state index in [4.69, 9.17) is 4.74 Å². The van der Waals surface area contributed by atoms with Gasteiger partial charge in [0.25, 0.3) is 5.56 Å². The molecule has 1 fully saturated rings. The highest BCUT2D eigenvalue weighted by molar-refractivity contribution is 5.87. The van der Waals surface area contributed by atoms with Crippen LogP contribution < -0.4 is 15.6 Å². The summed E-state index contributed by atoms with van der Waals surface area (Å²) in [4.78, 5) is 21.5. The molecular formula is C24H25F3N4O2. The second-order valence-electron chi connectivity index (χ2n) is 8.99. The molecule has 1 aromatic carbocycles. The third-order valence-corrected chi connectivity index (χ3v) is 6.79. The van der Waals surface area contributed by atoms with Crippen molar-refractivity contribution in [2.24, 2.45) is 7.05 Å². The molecule has 3 aromatic rings. The molecule has 0 saturated heterocycles. The van der Waals surface area contributed by atoms with Gasteiger partial charge >= 0.3 is 5.92 Å². The third-order valence-electron chi connectivity index (χ3n) is 6.79. The Balaban J connectivity index is 1.57. The summed E-state index contributed by atoms with van der Waals surface area (Å²) in [6.45, 7) is 1.12. The monoisotopic (exact) mass is 458 g/mol. The number of nitrogens with one attached hydrogen (secondary N) is 1. The lowest BCUT2D eigenvalue weighted by Crippen LogP contribution is -2.34. The van der Waals surface area contributed by atoms with Crippen molar-refractivity contribution in [1.82, 2.24) is 14.5 Å². The number of fused-ring (bicyclic) bond motifs is 2. The first kappa shape index (κ1) is 21.7. The molecule has 0 radical (unpaired) electrons. The number of hydrogen-bond acceptors (Lipinski definition) is 5. The predicted molar refractivity (Wildman–Crippen MR) is 119 cm³/mol. The van der Waals surface area contributed by atoms with Crippen LogP contribution >= 0.6 is 0 Å². The van der Waals surface area contributed by atoms with Crippen molar-refractivity contribution in [1.29, 1.82) is 0 Å². The summed E-state index contributed by atoms with van der Waals surface area (Å²) in [5.74, 6) is -2.47. The fourth-order valence-corrected chi connectivity index (χ4v) is 4.96. The van der Waals surface area contributed by atoms with Crippen LogP contribution in [0.1, 0.15) is 61.8 Å². The average Bonchev–Trinajstić information content (AvgIpc) is 3.11. The number of pyridine rings is 1. The second-order valence-corrected chi connectivity index (χ2v) is 8.99. The Morgan fingerprint density at radius 1 is 1.12 bits per heavy atom. The fourth-order valence-electron chi connectivity index (χ4n) is 4.96. The average molecular weight is 458 g/mol. The van der Waals surface area contributed by atoms with Crippen LogP contribution in [0.5, 0.6) is 5.75 Å². The number of alkyl halides is 3. The number of nitrogens with zero attached hydrogens (tertiary/aromatic N) is 3. The first-order chi connectivity index (χ1) is 15.7. The van der Waals surface area contributed by atoms with Gasteiger partial charge in [0.1, 0.15) is 29.2 Å². The Hall–Kier alpha value is -3.10. The van der Waals surface area contributed by atoms with E-state index in [2.05, 4.69) is 15.3 Å². The highest BCUT2D eigenvalue weighted by Crippen LogP contribution is 2.45. The number of anilines is 1. The number of benzene rings is 1. The number of para-hydroxylation sites is 1. The summed E-state index contributed by atoms with van der Waals surface area (Å²) in [6, 6.07) is 5.77. The first-order valence-electron chi connectivity index (χ1n) is 11.2. The quantitative estimate of drug-likeness (QED) is 0.588. The number of ether oxygens (including phenoxy) is 1. The molecule has 0 amide bonds. The molecule has 6 nitrogen and oxygen atoms in total. The lowest BCUT2D eigenvalue weighted by Gasteiger charge is -2.29. The largest absolute Gasteiger partial charge is 0.486 e. The van der Waals surface area contributed by atoms with Crippen LogP contribution in [-0.4, -0.2) is 21.1 Å². The molecule has 3 heterocycles. The molecule has 174 valence electrons. The standard InChI is InChI=1S/C24H25F3N4O2/c1-14(15-7-6-8-17-19(15)33-12-24(17,26)27)30-20-16-11-18(23(25)9-4-3-5-10-23)22(32)31(2)21(16)29-13-28-20/h6-8,11,13-14H,3-5,9-10,12H2,1-2H3,(H,28,29,30)/t14-/m1/s1. The molecule has 1 saturated carbocycles. The van der Waals surface area contributed by atoms with Crippen LogP contribution in [0, 0.1) is 0 Å². The highest BCUT2D eigenvalue weighted by Gasteiger charge is 2.43. The molecule has 2 aliphatic rings. The zero-order valence-electron chi connectivity index (χ0n) is 18.5. The van der Waals surface area contributed by atoms with E-state index < -0.39 is 29.8 Å². The van der Waals surface area contributed by atoms with Gasteiger partial charge in [-0.2, -0.15) is 8.78 Å². The van der Waals surface area contributed by atoms with Crippen molar-refractivity contribution in [3.63, 3.8) is 0 Å². The number of aromatic nitrogens is 3. The molecule has 33 heavy (non-hydrogen) atoms. The van der Waals surface area contributed by atoms with Gasteiger partial charge in [0.05, 0.1) is 22.6 Å². The summed E-state index contributed by atoms with van der Waals surface area (Å²) in [6.07, 6.45) is 4.35. The smallest absolute Gasteiger partial charge is 0.310 e. The van der Waals surface area contributed by atoms with E-state index in [1.807, 2.05) is 6.92 Å². The first-order valence-corrected chi connectivity index (χ1v) is 11.2. The van der Waals surface area contributed by atoms with Crippen molar-refractivity contribution in [3.8, 4) is 5.75 Å². The Morgan fingerprint density at radius 2 is 1.88 bits per heavy atom.